The quantitative estimate of drug-likeness (QED) is 0.800. The molecule has 0 saturated heterocycles. The third-order valence-electron chi connectivity index (χ3n) is 2.89. The van der Waals surface area contributed by atoms with Crippen LogP contribution in [0.5, 0.6) is 0 Å². The van der Waals surface area contributed by atoms with E-state index in [-0.39, 0.29) is 17.4 Å². The maximum atomic E-state index is 11.9. The van der Waals surface area contributed by atoms with Crippen LogP contribution in [0.15, 0.2) is 24.3 Å². The van der Waals surface area contributed by atoms with Gasteiger partial charge in [0.05, 0.1) is 5.92 Å². The van der Waals surface area contributed by atoms with Crippen LogP contribution in [0.3, 0.4) is 0 Å². The number of nitrogens with one attached hydrogen (secondary N) is 1. The number of hydrogen-bond donors (Lipinski definition) is 2. The summed E-state index contributed by atoms with van der Waals surface area (Å²) in [5.74, 6) is 0.121. The van der Waals surface area contributed by atoms with Crippen molar-refractivity contribution in [2.45, 2.75) is 31.7 Å². The van der Waals surface area contributed by atoms with Crippen molar-refractivity contribution < 1.29 is 4.79 Å². The third kappa shape index (κ3) is 2.25. The number of fused-ring (bicyclic) bond motifs is 1. The zero-order chi connectivity index (χ0) is 11.8. The van der Waals surface area contributed by atoms with E-state index in [2.05, 4.69) is 11.4 Å². The van der Waals surface area contributed by atoms with Crippen molar-refractivity contribution in [3.05, 3.63) is 35.4 Å². The molecule has 1 aromatic rings. The molecule has 0 heterocycles. The number of benzene rings is 1. The lowest BCUT2D eigenvalue weighted by Gasteiger charge is -2.30. The Balaban J connectivity index is 1.95. The van der Waals surface area contributed by atoms with Crippen molar-refractivity contribution in [3.63, 3.8) is 0 Å². The molecule has 0 aliphatic heterocycles. The molecule has 3 nitrogen and oxygen atoms in total. The van der Waals surface area contributed by atoms with Gasteiger partial charge in [0.15, 0.2) is 0 Å². The molecule has 1 unspecified atom stereocenters. The van der Waals surface area contributed by atoms with Gasteiger partial charge in [0, 0.05) is 12.1 Å². The Hall–Kier alpha value is -1.35. The first-order valence-corrected chi connectivity index (χ1v) is 5.62. The highest BCUT2D eigenvalue weighted by Crippen LogP contribution is 2.34. The van der Waals surface area contributed by atoms with E-state index >= 15 is 0 Å². The molecule has 2 rings (SSSR count). The first kappa shape index (κ1) is 11.1. The van der Waals surface area contributed by atoms with Crippen LogP contribution >= 0.6 is 0 Å². The summed E-state index contributed by atoms with van der Waals surface area (Å²) in [5.41, 5.74) is 7.92. The summed E-state index contributed by atoms with van der Waals surface area (Å²) in [4.78, 5) is 11.9. The SMILES string of the molecule is CC(C)(N)CNC(=O)C1Cc2ccccc21. The van der Waals surface area contributed by atoms with Gasteiger partial charge in [-0.15, -0.1) is 0 Å². The maximum Gasteiger partial charge on any atom is 0.227 e. The Labute approximate surface area is 96.0 Å². The molecule has 0 fully saturated rings. The molecule has 3 heteroatoms. The Morgan fingerprint density at radius 2 is 2.19 bits per heavy atom. The minimum atomic E-state index is -0.348. The number of nitrogens with two attached hydrogens (primary N) is 1. The fraction of sp³-hybridized carbons (Fsp3) is 0.462. The van der Waals surface area contributed by atoms with Gasteiger partial charge in [-0.3, -0.25) is 4.79 Å². The molecule has 86 valence electrons. The van der Waals surface area contributed by atoms with Gasteiger partial charge in [0.25, 0.3) is 0 Å². The Bertz CT molecular complexity index is 407. The summed E-state index contributed by atoms with van der Waals surface area (Å²) < 4.78 is 0. The normalized spacial score (nSPS) is 18.6. The number of carbonyl (C=O) groups excluding carboxylic acids is 1. The van der Waals surface area contributed by atoms with Gasteiger partial charge in [-0.25, -0.2) is 0 Å². The average molecular weight is 218 g/mol. The molecule has 1 aliphatic carbocycles. The number of rotatable bonds is 3. The molecule has 1 amide bonds. The summed E-state index contributed by atoms with van der Waals surface area (Å²) >= 11 is 0. The van der Waals surface area contributed by atoms with Crippen molar-refractivity contribution in [1.29, 1.82) is 0 Å². The number of amides is 1. The molecule has 0 aromatic heterocycles. The van der Waals surface area contributed by atoms with E-state index in [4.69, 9.17) is 5.73 Å². The predicted octanol–water partition coefficient (Wildman–Crippen LogP) is 1.18. The summed E-state index contributed by atoms with van der Waals surface area (Å²) in [6.45, 7) is 4.33. The lowest BCUT2D eigenvalue weighted by Crippen LogP contribution is -2.47. The lowest BCUT2D eigenvalue weighted by molar-refractivity contribution is -0.123. The smallest absolute Gasteiger partial charge is 0.227 e. The minimum absolute atomic E-state index is 0.0264. The van der Waals surface area contributed by atoms with Gasteiger partial charge >= 0.3 is 0 Å². The first-order valence-electron chi connectivity index (χ1n) is 5.62. The molecular weight excluding hydrogens is 200 g/mol. The molecule has 1 atom stereocenters. The van der Waals surface area contributed by atoms with Gasteiger partial charge in [-0.2, -0.15) is 0 Å². The third-order valence-corrected chi connectivity index (χ3v) is 2.89. The second-order valence-corrected chi connectivity index (χ2v) is 5.16. The van der Waals surface area contributed by atoms with E-state index < -0.39 is 0 Å². The Kier molecular flexibility index (Phi) is 2.72. The van der Waals surface area contributed by atoms with Crippen LogP contribution in [0.2, 0.25) is 0 Å². The second kappa shape index (κ2) is 3.91. The molecule has 1 aromatic carbocycles. The highest BCUT2D eigenvalue weighted by Gasteiger charge is 2.31. The Morgan fingerprint density at radius 3 is 2.81 bits per heavy atom. The molecule has 16 heavy (non-hydrogen) atoms. The minimum Gasteiger partial charge on any atom is -0.354 e. The van der Waals surface area contributed by atoms with Crippen molar-refractivity contribution in [2.75, 3.05) is 6.54 Å². The Morgan fingerprint density at radius 1 is 1.50 bits per heavy atom. The van der Waals surface area contributed by atoms with E-state index in [9.17, 15) is 4.79 Å². The molecular formula is C13H18N2O. The zero-order valence-electron chi connectivity index (χ0n) is 9.79. The van der Waals surface area contributed by atoms with Crippen molar-refractivity contribution in [1.82, 2.24) is 5.32 Å². The number of hydrogen-bond acceptors (Lipinski definition) is 2. The molecule has 3 N–H and O–H groups in total. The average Bonchev–Trinajstić information content (AvgIpc) is 2.16. The van der Waals surface area contributed by atoms with Crippen LogP contribution in [0, 0.1) is 0 Å². The highest BCUT2D eigenvalue weighted by atomic mass is 16.1. The van der Waals surface area contributed by atoms with Crippen LogP contribution in [0.25, 0.3) is 0 Å². The molecule has 0 saturated carbocycles. The van der Waals surface area contributed by atoms with E-state index in [0.29, 0.717) is 6.54 Å². The van der Waals surface area contributed by atoms with Crippen LogP contribution in [-0.2, 0) is 11.2 Å². The van der Waals surface area contributed by atoms with Gasteiger partial charge in [0.2, 0.25) is 5.91 Å². The van der Waals surface area contributed by atoms with E-state index in [0.717, 1.165) is 12.0 Å². The summed E-state index contributed by atoms with van der Waals surface area (Å²) in [6, 6.07) is 8.09. The van der Waals surface area contributed by atoms with Gasteiger partial charge in [-0.05, 0) is 31.4 Å². The topological polar surface area (TPSA) is 55.1 Å². The van der Waals surface area contributed by atoms with E-state index in [1.54, 1.807) is 0 Å². The van der Waals surface area contributed by atoms with Crippen molar-refractivity contribution in [3.8, 4) is 0 Å². The molecule has 0 bridgehead atoms. The lowest BCUT2D eigenvalue weighted by atomic mass is 9.77. The first-order chi connectivity index (χ1) is 7.47. The van der Waals surface area contributed by atoms with Gasteiger partial charge in [0.1, 0.15) is 0 Å². The second-order valence-electron chi connectivity index (χ2n) is 5.16. The zero-order valence-corrected chi connectivity index (χ0v) is 9.79. The predicted molar refractivity (Wildman–Crippen MR) is 64.2 cm³/mol. The fourth-order valence-electron chi connectivity index (χ4n) is 1.93. The standard InChI is InChI=1S/C13H18N2O/c1-13(2,14)8-15-12(16)11-7-9-5-3-4-6-10(9)11/h3-6,11H,7-8,14H2,1-2H3,(H,15,16). The van der Waals surface area contributed by atoms with Gasteiger partial charge in [-0.1, -0.05) is 24.3 Å². The highest BCUT2D eigenvalue weighted by molar-refractivity contribution is 5.86. The summed E-state index contributed by atoms with van der Waals surface area (Å²) in [6.07, 6.45) is 0.854. The van der Waals surface area contributed by atoms with Crippen LogP contribution in [-0.4, -0.2) is 18.0 Å². The van der Waals surface area contributed by atoms with Crippen LogP contribution in [0.4, 0.5) is 0 Å². The van der Waals surface area contributed by atoms with E-state index in [1.165, 1.54) is 5.56 Å². The monoisotopic (exact) mass is 218 g/mol. The van der Waals surface area contributed by atoms with Crippen molar-refractivity contribution >= 4 is 5.91 Å². The van der Waals surface area contributed by atoms with Crippen LogP contribution in [0.1, 0.15) is 30.9 Å². The summed E-state index contributed by atoms with van der Waals surface area (Å²) in [7, 11) is 0. The maximum absolute atomic E-state index is 11.9. The molecule has 0 radical (unpaired) electrons. The van der Waals surface area contributed by atoms with Crippen molar-refractivity contribution in [2.24, 2.45) is 5.73 Å². The van der Waals surface area contributed by atoms with Crippen LogP contribution < -0.4 is 11.1 Å². The fourth-order valence-corrected chi connectivity index (χ4v) is 1.93. The van der Waals surface area contributed by atoms with E-state index in [1.807, 2.05) is 32.0 Å². The molecule has 1 aliphatic rings. The summed E-state index contributed by atoms with van der Waals surface area (Å²) in [5, 5.41) is 2.90. The largest absolute Gasteiger partial charge is 0.354 e. The van der Waals surface area contributed by atoms with Gasteiger partial charge < -0.3 is 11.1 Å². The molecule has 0 spiro atoms. The number of carbonyl (C=O) groups is 1.